The Morgan fingerprint density at radius 2 is 1.96 bits per heavy atom. The Balaban J connectivity index is 0.00000338. The van der Waals surface area contributed by atoms with Crippen LogP contribution < -0.4 is 10.1 Å². The van der Waals surface area contributed by atoms with Crippen molar-refractivity contribution >= 4 is 29.7 Å². The van der Waals surface area contributed by atoms with E-state index in [1.807, 2.05) is 24.3 Å². The molecule has 26 heavy (non-hydrogen) atoms. The van der Waals surface area contributed by atoms with Gasteiger partial charge in [-0.1, -0.05) is 26.0 Å². The highest BCUT2D eigenvalue weighted by molar-refractivity contribution is 7.09. The average Bonchev–Trinajstić information content (AvgIpc) is 3.03. The molecule has 0 radical (unpaired) electrons. The molecule has 1 aromatic carbocycles. The van der Waals surface area contributed by atoms with Crippen molar-refractivity contribution in [2.45, 2.75) is 45.6 Å². The number of rotatable bonds is 10. The van der Waals surface area contributed by atoms with Crippen LogP contribution in [0.2, 0.25) is 0 Å². The minimum Gasteiger partial charge on any atom is -0.482 e. The van der Waals surface area contributed by atoms with E-state index < -0.39 is 5.97 Å². The molecule has 7 heteroatoms. The fourth-order valence-electron chi connectivity index (χ4n) is 2.44. The SMILES string of the molecule is CC(Cc1ccc(OCC(=O)O)cc1)NCCc1csc(C(C)C)n1.Cl. The highest BCUT2D eigenvalue weighted by Crippen LogP contribution is 2.19. The van der Waals surface area contributed by atoms with Crippen LogP contribution in [0.15, 0.2) is 29.6 Å². The molecule has 2 aromatic rings. The monoisotopic (exact) mass is 398 g/mol. The van der Waals surface area contributed by atoms with Crippen LogP contribution in [0.1, 0.15) is 43.0 Å². The van der Waals surface area contributed by atoms with E-state index in [4.69, 9.17) is 9.84 Å². The van der Waals surface area contributed by atoms with Gasteiger partial charge in [0.05, 0.1) is 10.7 Å². The molecule has 0 aliphatic carbocycles. The lowest BCUT2D eigenvalue weighted by Gasteiger charge is -2.14. The molecule has 0 aliphatic heterocycles. The summed E-state index contributed by atoms with van der Waals surface area (Å²) in [6.07, 6.45) is 1.85. The van der Waals surface area contributed by atoms with Gasteiger partial charge >= 0.3 is 5.97 Å². The number of nitrogens with zero attached hydrogens (tertiary/aromatic N) is 1. The van der Waals surface area contributed by atoms with Gasteiger partial charge in [-0.05, 0) is 31.0 Å². The van der Waals surface area contributed by atoms with Gasteiger partial charge < -0.3 is 15.2 Å². The van der Waals surface area contributed by atoms with Gasteiger partial charge in [0, 0.05) is 30.3 Å². The molecule has 1 heterocycles. The molecule has 0 fully saturated rings. The van der Waals surface area contributed by atoms with Crippen molar-refractivity contribution in [2.75, 3.05) is 13.2 Å². The second-order valence-electron chi connectivity index (χ2n) is 6.47. The molecule has 0 spiro atoms. The Morgan fingerprint density at radius 1 is 1.27 bits per heavy atom. The van der Waals surface area contributed by atoms with Gasteiger partial charge in [0.25, 0.3) is 0 Å². The predicted octanol–water partition coefficient (Wildman–Crippen LogP) is 3.92. The van der Waals surface area contributed by atoms with Gasteiger partial charge in [-0.2, -0.15) is 0 Å². The van der Waals surface area contributed by atoms with Crippen LogP contribution in [-0.4, -0.2) is 35.3 Å². The number of carboxylic acid groups (broad SMARTS) is 1. The van der Waals surface area contributed by atoms with Gasteiger partial charge in [0.15, 0.2) is 6.61 Å². The number of hydrogen-bond donors (Lipinski definition) is 2. The van der Waals surface area contributed by atoms with Crippen LogP contribution in [0.3, 0.4) is 0 Å². The third-order valence-electron chi connectivity index (χ3n) is 3.76. The first kappa shape index (κ1) is 22.4. The highest BCUT2D eigenvalue weighted by atomic mass is 35.5. The summed E-state index contributed by atoms with van der Waals surface area (Å²) in [6.45, 7) is 7.09. The largest absolute Gasteiger partial charge is 0.482 e. The first-order valence-corrected chi connectivity index (χ1v) is 9.43. The van der Waals surface area contributed by atoms with Gasteiger partial charge in [-0.15, -0.1) is 23.7 Å². The number of ether oxygens (including phenoxy) is 1. The van der Waals surface area contributed by atoms with E-state index in [-0.39, 0.29) is 19.0 Å². The van der Waals surface area contributed by atoms with Crippen LogP contribution in [-0.2, 0) is 17.6 Å². The van der Waals surface area contributed by atoms with Crippen LogP contribution in [0.5, 0.6) is 5.75 Å². The topological polar surface area (TPSA) is 71.5 Å². The lowest BCUT2D eigenvalue weighted by molar-refractivity contribution is -0.139. The predicted molar refractivity (Wildman–Crippen MR) is 108 cm³/mol. The summed E-state index contributed by atoms with van der Waals surface area (Å²) in [7, 11) is 0. The van der Waals surface area contributed by atoms with E-state index in [0.717, 1.165) is 25.1 Å². The minimum absolute atomic E-state index is 0. The number of hydrogen-bond acceptors (Lipinski definition) is 5. The smallest absolute Gasteiger partial charge is 0.341 e. The van der Waals surface area contributed by atoms with Crippen molar-refractivity contribution < 1.29 is 14.6 Å². The van der Waals surface area contributed by atoms with Crippen molar-refractivity contribution in [3.05, 3.63) is 45.9 Å². The first-order chi connectivity index (χ1) is 11.9. The second-order valence-corrected chi connectivity index (χ2v) is 7.36. The fourth-order valence-corrected chi connectivity index (χ4v) is 3.31. The molecule has 2 N–H and O–H groups in total. The van der Waals surface area contributed by atoms with Crippen LogP contribution in [0, 0.1) is 0 Å². The molecule has 0 amide bonds. The molecule has 2 rings (SSSR count). The van der Waals surface area contributed by atoms with E-state index in [1.165, 1.54) is 10.6 Å². The average molecular weight is 399 g/mol. The molecule has 0 aliphatic rings. The summed E-state index contributed by atoms with van der Waals surface area (Å²) in [4.78, 5) is 15.1. The maximum Gasteiger partial charge on any atom is 0.341 e. The summed E-state index contributed by atoms with van der Waals surface area (Å²) < 4.78 is 5.14. The summed E-state index contributed by atoms with van der Waals surface area (Å²) in [5.74, 6) is 0.104. The zero-order chi connectivity index (χ0) is 18.2. The standard InChI is InChI=1S/C19H26N2O3S.ClH/c1-13(2)19-21-16(12-25-19)8-9-20-14(3)10-15-4-6-17(7-5-15)24-11-18(22)23;/h4-7,12-14,20H,8-11H2,1-3H3,(H,22,23);1H. The highest BCUT2D eigenvalue weighted by Gasteiger charge is 2.07. The number of benzene rings is 1. The first-order valence-electron chi connectivity index (χ1n) is 8.55. The van der Waals surface area contributed by atoms with Gasteiger partial charge in [-0.25, -0.2) is 9.78 Å². The third kappa shape index (κ3) is 7.72. The van der Waals surface area contributed by atoms with Crippen molar-refractivity contribution in [1.82, 2.24) is 10.3 Å². The molecular formula is C19H27ClN2O3S. The molecule has 0 saturated heterocycles. The number of nitrogens with one attached hydrogen (secondary N) is 1. The Morgan fingerprint density at radius 3 is 2.54 bits per heavy atom. The zero-order valence-corrected chi connectivity index (χ0v) is 17.0. The molecule has 0 bridgehead atoms. The van der Waals surface area contributed by atoms with Gasteiger partial charge in [0.2, 0.25) is 0 Å². The van der Waals surface area contributed by atoms with Crippen LogP contribution in [0.25, 0.3) is 0 Å². The number of halogens is 1. The number of carbonyl (C=O) groups is 1. The Labute approximate surface area is 165 Å². The zero-order valence-electron chi connectivity index (χ0n) is 15.4. The lowest BCUT2D eigenvalue weighted by Crippen LogP contribution is -2.30. The van der Waals surface area contributed by atoms with Crippen molar-refractivity contribution in [2.24, 2.45) is 0 Å². The van der Waals surface area contributed by atoms with E-state index >= 15 is 0 Å². The van der Waals surface area contributed by atoms with E-state index in [9.17, 15) is 4.79 Å². The summed E-state index contributed by atoms with van der Waals surface area (Å²) >= 11 is 1.74. The van der Waals surface area contributed by atoms with E-state index in [1.54, 1.807) is 11.3 Å². The maximum absolute atomic E-state index is 10.5. The number of aromatic nitrogens is 1. The molecule has 144 valence electrons. The molecule has 5 nitrogen and oxygen atoms in total. The minimum atomic E-state index is -0.970. The Kier molecular flexibility index (Phi) is 9.62. The Bertz CT molecular complexity index is 674. The van der Waals surface area contributed by atoms with Gasteiger partial charge in [0.1, 0.15) is 5.75 Å². The Hall–Kier alpha value is -1.63. The van der Waals surface area contributed by atoms with E-state index in [2.05, 4.69) is 36.5 Å². The van der Waals surface area contributed by atoms with Crippen molar-refractivity contribution in [3.63, 3.8) is 0 Å². The molecule has 1 atom stereocenters. The normalized spacial score (nSPS) is 11.8. The molecule has 1 aromatic heterocycles. The number of thiazole rings is 1. The second kappa shape index (κ2) is 11.2. The van der Waals surface area contributed by atoms with Crippen molar-refractivity contribution in [1.29, 1.82) is 0 Å². The number of aliphatic carboxylic acids is 1. The molecule has 0 saturated carbocycles. The summed E-state index contributed by atoms with van der Waals surface area (Å²) in [5, 5.41) is 15.5. The number of carboxylic acids is 1. The fraction of sp³-hybridized carbons (Fsp3) is 0.474. The maximum atomic E-state index is 10.5. The third-order valence-corrected chi connectivity index (χ3v) is 4.96. The van der Waals surface area contributed by atoms with Crippen LogP contribution >= 0.6 is 23.7 Å². The van der Waals surface area contributed by atoms with E-state index in [0.29, 0.717) is 17.7 Å². The van der Waals surface area contributed by atoms with Crippen LogP contribution in [0.4, 0.5) is 0 Å². The quantitative estimate of drug-likeness (QED) is 0.634. The molecule has 1 unspecified atom stereocenters. The summed E-state index contributed by atoms with van der Waals surface area (Å²) in [6, 6.07) is 7.94. The summed E-state index contributed by atoms with van der Waals surface area (Å²) in [5.41, 5.74) is 2.35. The van der Waals surface area contributed by atoms with Gasteiger partial charge in [-0.3, -0.25) is 0 Å². The lowest BCUT2D eigenvalue weighted by atomic mass is 10.1. The molecular weight excluding hydrogens is 372 g/mol. The van der Waals surface area contributed by atoms with Crippen molar-refractivity contribution in [3.8, 4) is 5.75 Å².